The first-order valence-electron chi connectivity index (χ1n) is 5.62. The van der Waals surface area contributed by atoms with Crippen LogP contribution in [-0.2, 0) is 4.79 Å². The molecule has 98 valence electrons. The largest absolute Gasteiger partial charge is 0.480 e. The zero-order valence-corrected chi connectivity index (χ0v) is 10.7. The smallest absolute Gasteiger partial charge is 0.329 e. The topological polar surface area (TPSA) is 91.3 Å². The zero-order valence-electron chi connectivity index (χ0n) is 10.7. The van der Waals surface area contributed by atoms with E-state index in [2.05, 4.69) is 15.6 Å². The third-order valence-electron chi connectivity index (χ3n) is 2.86. The van der Waals surface area contributed by atoms with E-state index in [1.165, 1.54) is 13.1 Å². The average Bonchev–Trinajstić information content (AvgIpc) is 2.31. The molecule has 1 heterocycles. The number of aliphatic carboxylic acids is 1. The highest BCUT2D eigenvalue weighted by atomic mass is 16.4. The van der Waals surface area contributed by atoms with Crippen molar-refractivity contribution in [1.82, 2.24) is 10.3 Å². The van der Waals surface area contributed by atoms with Crippen LogP contribution in [0.3, 0.4) is 0 Å². The van der Waals surface area contributed by atoms with Gasteiger partial charge in [0.1, 0.15) is 5.54 Å². The summed E-state index contributed by atoms with van der Waals surface area (Å²) in [5.74, 6) is -1.07. The summed E-state index contributed by atoms with van der Waals surface area (Å²) < 4.78 is 0. The number of pyridine rings is 1. The fraction of sp³-hybridized carbons (Fsp3) is 0.417. The molecule has 1 unspecified atom stereocenters. The van der Waals surface area contributed by atoms with Gasteiger partial charge in [0.15, 0.2) is 0 Å². The van der Waals surface area contributed by atoms with Crippen molar-refractivity contribution in [2.75, 3.05) is 5.32 Å². The van der Waals surface area contributed by atoms with Crippen LogP contribution >= 0.6 is 0 Å². The molecule has 18 heavy (non-hydrogen) atoms. The van der Waals surface area contributed by atoms with Crippen molar-refractivity contribution < 1.29 is 14.7 Å². The lowest BCUT2D eigenvalue weighted by Gasteiger charge is -2.24. The number of carbonyl (C=O) groups is 2. The predicted octanol–water partition coefficient (Wildman–Crippen LogP) is 1.76. The van der Waals surface area contributed by atoms with Gasteiger partial charge in [0.2, 0.25) is 0 Å². The van der Waals surface area contributed by atoms with Crippen LogP contribution in [0.25, 0.3) is 0 Å². The monoisotopic (exact) mass is 251 g/mol. The maximum absolute atomic E-state index is 11.7. The number of nitrogens with zero attached hydrogens (tertiary/aromatic N) is 1. The summed E-state index contributed by atoms with van der Waals surface area (Å²) in [4.78, 5) is 26.7. The van der Waals surface area contributed by atoms with Crippen LogP contribution in [0.1, 0.15) is 25.8 Å². The highest BCUT2D eigenvalue weighted by Crippen LogP contribution is 2.13. The van der Waals surface area contributed by atoms with Crippen molar-refractivity contribution in [3.05, 3.63) is 24.0 Å². The summed E-state index contributed by atoms with van der Waals surface area (Å²) in [6, 6.07) is 1.20. The quantitative estimate of drug-likeness (QED) is 0.760. The molecule has 0 aliphatic rings. The van der Waals surface area contributed by atoms with E-state index in [0.29, 0.717) is 12.1 Å². The van der Waals surface area contributed by atoms with E-state index < -0.39 is 17.5 Å². The molecule has 1 aromatic rings. The number of hydrogen-bond donors (Lipinski definition) is 3. The SMILES string of the molecule is CCC(C)(NC(=O)Nc1cnccc1C)C(=O)O. The van der Waals surface area contributed by atoms with Crippen LogP contribution in [-0.4, -0.2) is 27.6 Å². The summed E-state index contributed by atoms with van der Waals surface area (Å²) in [5, 5.41) is 14.1. The zero-order chi connectivity index (χ0) is 13.8. The Labute approximate surface area is 105 Å². The number of aryl methyl sites for hydroxylation is 1. The number of carboxylic acid groups (broad SMARTS) is 1. The highest BCUT2D eigenvalue weighted by molar-refractivity contribution is 5.94. The third kappa shape index (κ3) is 3.19. The molecule has 3 N–H and O–H groups in total. The summed E-state index contributed by atoms with van der Waals surface area (Å²) >= 11 is 0. The molecule has 6 nitrogen and oxygen atoms in total. The molecule has 2 amide bonds. The second kappa shape index (κ2) is 5.48. The average molecular weight is 251 g/mol. The second-order valence-electron chi connectivity index (χ2n) is 4.26. The number of anilines is 1. The standard InChI is InChI=1S/C12H17N3O3/c1-4-12(3,10(16)17)15-11(18)14-9-7-13-6-5-8(9)2/h5-7H,4H2,1-3H3,(H,16,17)(H2,14,15,18). The highest BCUT2D eigenvalue weighted by Gasteiger charge is 2.32. The van der Waals surface area contributed by atoms with Gasteiger partial charge in [-0.3, -0.25) is 4.98 Å². The number of carbonyl (C=O) groups excluding carboxylic acids is 1. The van der Waals surface area contributed by atoms with Crippen molar-refractivity contribution >= 4 is 17.7 Å². The van der Waals surface area contributed by atoms with E-state index in [4.69, 9.17) is 5.11 Å². The minimum absolute atomic E-state index is 0.293. The van der Waals surface area contributed by atoms with Gasteiger partial charge >= 0.3 is 12.0 Å². The fourth-order valence-corrected chi connectivity index (χ4v) is 1.29. The first kappa shape index (κ1) is 14.0. The Morgan fingerprint density at radius 1 is 1.50 bits per heavy atom. The minimum atomic E-state index is -1.28. The Balaban J connectivity index is 2.73. The van der Waals surface area contributed by atoms with Crippen LogP contribution in [0.4, 0.5) is 10.5 Å². The number of urea groups is 1. The van der Waals surface area contributed by atoms with E-state index in [-0.39, 0.29) is 0 Å². The Morgan fingerprint density at radius 3 is 2.67 bits per heavy atom. The number of hydrogen-bond acceptors (Lipinski definition) is 3. The van der Waals surface area contributed by atoms with Gasteiger partial charge in [0, 0.05) is 6.20 Å². The summed E-state index contributed by atoms with van der Waals surface area (Å²) in [6.07, 6.45) is 3.42. The van der Waals surface area contributed by atoms with Crippen LogP contribution in [0, 0.1) is 6.92 Å². The van der Waals surface area contributed by atoms with E-state index in [1.54, 1.807) is 19.2 Å². The predicted molar refractivity (Wildman–Crippen MR) is 67.5 cm³/mol. The minimum Gasteiger partial charge on any atom is -0.480 e. The molecule has 0 spiro atoms. The lowest BCUT2D eigenvalue weighted by Crippen LogP contribution is -2.53. The van der Waals surface area contributed by atoms with Gasteiger partial charge in [-0.15, -0.1) is 0 Å². The summed E-state index contributed by atoms with van der Waals surface area (Å²) in [6.45, 7) is 4.99. The number of rotatable bonds is 4. The Hall–Kier alpha value is -2.11. The molecule has 1 rings (SSSR count). The molecule has 6 heteroatoms. The lowest BCUT2D eigenvalue weighted by atomic mass is 10.00. The van der Waals surface area contributed by atoms with Crippen LogP contribution in [0.2, 0.25) is 0 Å². The van der Waals surface area contributed by atoms with Gasteiger partial charge < -0.3 is 15.7 Å². The van der Waals surface area contributed by atoms with E-state index >= 15 is 0 Å². The molecule has 1 aromatic heterocycles. The van der Waals surface area contributed by atoms with Gasteiger partial charge in [0.25, 0.3) is 0 Å². The molecule has 0 fully saturated rings. The van der Waals surface area contributed by atoms with Crippen molar-refractivity contribution in [2.24, 2.45) is 0 Å². The number of nitrogens with one attached hydrogen (secondary N) is 2. The molecule has 0 saturated carbocycles. The van der Waals surface area contributed by atoms with Crippen LogP contribution < -0.4 is 10.6 Å². The lowest BCUT2D eigenvalue weighted by molar-refractivity contribution is -0.143. The summed E-state index contributed by atoms with van der Waals surface area (Å²) in [7, 11) is 0. The molecular weight excluding hydrogens is 234 g/mol. The molecule has 0 aliphatic carbocycles. The first-order chi connectivity index (χ1) is 8.39. The molecular formula is C12H17N3O3. The van der Waals surface area contributed by atoms with E-state index in [1.807, 2.05) is 6.92 Å². The Morgan fingerprint density at radius 2 is 2.17 bits per heavy atom. The molecule has 0 aliphatic heterocycles. The maximum Gasteiger partial charge on any atom is 0.329 e. The number of aromatic nitrogens is 1. The van der Waals surface area contributed by atoms with Crippen molar-refractivity contribution in [3.63, 3.8) is 0 Å². The third-order valence-corrected chi connectivity index (χ3v) is 2.86. The van der Waals surface area contributed by atoms with Crippen molar-refractivity contribution in [2.45, 2.75) is 32.7 Å². The van der Waals surface area contributed by atoms with Crippen LogP contribution in [0.5, 0.6) is 0 Å². The number of amides is 2. The molecule has 0 aromatic carbocycles. The molecule has 0 bridgehead atoms. The molecule has 0 saturated heterocycles. The van der Waals surface area contributed by atoms with Gasteiger partial charge in [-0.25, -0.2) is 9.59 Å². The molecule has 0 radical (unpaired) electrons. The number of carboxylic acids is 1. The van der Waals surface area contributed by atoms with E-state index in [9.17, 15) is 9.59 Å². The fourth-order valence-electron chi connectivity index (χ4n) is 1.29. The first-order valence-corrected chi connectivity index (χ1v) is 5.62. The second-order valence-corrected chi connectivity index (χ2v) is 4.26. The van der Waals surface area contributed by atoms with Crippen LogP contribution in [0.15, 0.2) is 18.5 Å². The maximum atomic E-state index is 11.7. The van der Waals surface area contributed by atoms with E-state index in [0.717, 1.165) is 5.56 Å². The van der Waals surface area contributed by atoms with Crippen molar-refractivity contribution in [3.8, 4) is 0 Å². The normalized spacial score (nSPS) is 13.5. The van der Waals surface area contributed by atoms with Gasteiger partial charge in [-0.2, -0.15) is 0 Å². The Bertz CT molecular complexity index is 462. The summed E-state index contributed by atoms with van der Waals surface area (Å²) in [5.41, 5.74) is 0.132. The van der Waals surface area contributed by atoms with Gasteiger partial charge in [0.05, 0.1) is 11.9 Å². The van der Waals surface area contributed by atoms with Gasteiger partial charge in [-0.1, -0.05) is 6.92 Å². The van der Waals surface area contributed by atoms with Gasteiger partial charge in [-0.05, 0) is 31.9 Å². The Kier molecular flexibility index (Phi) is 4.25. The van der Waals surface area contributed by atoms with Crippen molar-refractivity contribution in [1.29, 1.82) is 0 Å². The molecule has 1 atom stereocenters.